The van der Waals surface area contributed by atoms with Gasteiger partial charge in [-0.05, 0) is 24.2 Å². The van der Waals surface area contributed by atoms with Crippen LogP contribution in [0.25, 0.3) is 0 Å². The Bertz CT molecular complexity index is 95.0. The summed E-state index contributed by atoms with van der Waals surface area (Å²) in [5.74, 6) is 0.663. The number of hydrogen-bond acceptors (Lipinski definition) is 0. The summed E-state index contributed by atoms with van der Waals surface area (Å²) in [5.41, 5.74) is -0.0601. The quantitative estimate of drug-likeness (QED) is 0.573. The molecule has 0 aliphatic carbocycles. The largest absolute Gasteiger partial charge is 0.251 e. The summed E-state index contributed by atoms with van der Waals surface area (Å²) in [6.45, 7) is 8.30. The van der Waals surface area contributed by atoms with Gasteiger partial charge in [0.1, 0.15) is 0 Å². The highest BCUT2D eigenvalue weighted by Gasteiger charge is 2.23. The fourth-order valence-corrected chi connectivity index (χ4v) is 1.28. The fourth-order valence-electron chi connectivity index (χ4n) is 1.28. The zero-order valence-electron chi connectivity index (χ0n) is 8.28. The molecule has 0 N–H and O–H groups in total. The van der Waals surface area contributed by atoms with Crippen LogP contribution in [-0.2, 0) is 0 Å². The lowest BCUT2D eigenvalue weighted by atomic mass is 9.80. The first-order chi connectivity index (χ1) is 5.08. The van der Waals surface area contributed by atoms with Crippen LogP contribution in [0.2, 0.25) is 0 Å². The second-order valence-electron chi connectivity index (χ2n) is 4.02. The van der Waals surface area contributed by atoms with E-state index >= 15 is 0 Å². The molecule has 0 rings (SSSR count). The maximum Gasteiger partial charge on any atom is 0.0947 e. The van der Waals surface area contributed by atoms with Gasteiger partial charge in [-0.3, -0.25) is 4.39 Å². The molecule has 0 spiro atoms. The monoisotopic (exact) mass is 160 g/mol. The van der Waals surface area contributed by atoms with Crippen molar-refractivity contribution < 1.29 is 4.39 Å². The highest BCUT2D eigenvalue weighted by Crippen LogP contribution is 2.31. The standard InChI is InChI=1S/C10H21F/c1-5-9(3)7-10(4,6-2)8-11/h9H,5-8H2,1-4H3/t9-,10?/m0/s1. The Morgan fingerprint density at radius 3 is 2.18 bits per heavy atom. The molecule has 0 heterocycles. The summed E-state index contributed by atoms with van der Waals surface area (Å²) < 4.78 is 12.5. The lowest BCUT2D eigenvalue weighted by molar-refractivity contribution is 0.175. The maximum atomic E-state index is 12.5. The lowest BCUT2D eigenvalue weighted by Gasteiger charge is -2.27. The van der Waals surface area contributed by atoms with Crippen molar-refractivity contribution in [2.24, 2.45) is 11.3 Å². The molecule has 2 atom stereocenters. The molecule has 0 aliphatic rings. The molecule has 68 valence electrons. The van der Waals surface area contributed by atoms with Crippen LogP contribution in [-0.4, -0.2) is 6.67 Å². The van der Waals surface area contributed by atoms with Crippen LogP contribution in [0.15, 0.2) is 0 Å². The Labute approximate surface area is 70.2 Å². The van der Waals surface area contributed by atoms with Crippen molar-refractivity contribution in [2.45, 2.75) is 47.0 Å². The molecule has 1 unspecified atom stereocenters. The smallest absolute Gasteiger partial charge is 0.0947 e. The molecule has 0 aromatic rings. The zero-order valence-corrected chi connectivity index (χ0v) is 8.28. The molecule has 0 saturated heterocycles. The Balaban J connectivity index is 3.86. The molecular formula is C10H21F. The molecule has 0 bridgehead atoms. The van der Waals surface area contributed by atoms with Crippen molar-refractivity contribution in [3.05, 3.63) is 0 Å². The minimum atomic E-state index is -0.173. The van der Waals surface area contributed by atoms with E-state index in [0.717, 1.165) is 19.3 Å². The van der Waals surface area contributed by atoms with Crippen LogP contribution < -0.4 is 0 Å². The number of hydrogen-bond donors (Lipinski definition) is 0. The van der Waals surface area contributed by atoms with Crippen LogP contribution in [0, 0.1) is 11.3 Å². The van der Waals surface area contributed by atoms with E-state index in [9.17, 15) is 4.39 Å². The van der Waals surface area contributed by atoms with E-state index in [4.69, 9.17) is 0 Å². The predicted molar refractivity (Wildman–Crippen MR) is 48.4 cm³/mol. The molecular weight excluding hydrogens is 139 g/mol. The van der Waals surface area contributed by atoms with E-state index in [0.29, 0.717) is 5.92 Å². The molecule has 0 saturated carbocycles. The maximum absolute atomic E-state index is 12.5. The SMILES string of the molecule is CC[C@H](C)CC(C)(CC)CF. The highest BCUT2D eigenvalue weighted by atomic mass is 19.1. The topological polar surface area (TPSA) is 0 Å². The first-order valence-electron chi connectivity index (χ1n) is 4.64. The van der Waals surface area contributed by atoms with Crippen LogP contribution in [0.5, 0.6) is 0 Å². The first-order valence-corrected chi connectivity index (χ1v) is 4.64. The normalized spacial score (nSPS) is 19.4. The van der Waals surface area contributed by atoms with Crippen molar-refractivity contribution in [3.8, 4) is 0 Å². The van der Waals surface area contributed by atoms with Gasteiger partial charge in [0.05, 0.1) is 6.67 Å². The lowest BCUT2D eigenvalue weighted by Crippen LogP contribution is -2.20. The first kappa shape index (κ1) is 10.9. The second-order valence-corrected chi connectivity index (χ2v) is 4.02. The van der Waals surface area contributed by atoms with E-state index in [1.807, 2.05) is 6.92 Å². The Hall–Kier alpha value is -0.0700. The molecule has 0 aromatic carbocycles. The van der Waals surface area contributed by atoms with Gasteiger partial charge in [-0.2, -0.15) is 0 Å². The fraction of sp³-hybridized carbons (Fsp3) is 1.00. The van der Waals surface area contributed by atoms with E-state index < -0.39 is 0 Å². The van der Waals surface area contributed by atoms with Gasteiger partial charge in [-0.1, -0.05) is 34.1 Å². The minimum Gasteiger partial charge on any atom is -0.251 e. The van der Waals surface area contributed by atoms with Gasteiger partial charge in [0.2, 0.25) is 0 Å². The number of rotatable bonds is 5. The second kappa shape index (κ2) is 4.74. The Morgan fingerprint density at radius 1 is 1.36 bits per heavy atom. The zero-order chi connectivity index (χ0) is 8.91. The molecule has 0 radical (unpaired) electrons. The highest BCUT2D eigenvalue weighted by molar-refractivity contribution is 4.73. The van der Waals surface area contributed by atoms with Crippen LogP contribution in [0.1, 0.15) is 47.0 Å². The summed E-state index contributed by atoms with van der Waals surface area (Å²) in [5, 5.41) is 0. The summed E-state index contributed by atoms with van der Waals surface area (Å²) in [7, 11) is 0. The van der Waals surface area contributed by atoms with Gasteiger partial charge >= 0.3 is 0 Å². The van der Waals surface area contributed by atoms with E-state index in [1.165, 1.54) is 0 Å². The molecule has 0 aliphatic heterocycles. The van der Waals surface area contributed by atoms with Gasteiger partial charge in [-0.25, -0.2) is 0 Å². The number of halogens is 1. The van der Waals surface area contributed by atoms with Gasteiger partial charge in [0.15, 0.2) is 0 Å². The van der Waals surface area contributed by atoms with Crippen molar-refractivity contribution in [3.63, 3.8) is 0 Å². The summed E-state index contributed by atoms with van der Waals surface area (Å²) in [4.78, 5) is 0. The van der Waals surface area contributed by atoms with Crippen molar-refractivity contribution in [1.82, 2.24) is 0 Å². The molecule has 0 aromatic heterocycles. The predicted octanol–water partition coefficient (Wildman–Crippen LogP) is 3.81. The summed E-state index contributed by atoms with van der Waals surface area (Å²) in [6.07, 6.45) is 3.14. The Kier molecular flexibility index (Phi) is 4.71. The minimum absolute atomic E-state index is 0.0601. The molecule has 0 nitrogen and oxygen atoms in total. The van der Waals surface area contributed by atoms with Crippen molar-refractivity contribution >= 4 is 0 Å². The average molecular weight is 160 g/mol. The third-order valence-corrected chi connectivity index (χ3v) is 2.71. The van der Waals surface area contributed by atoms with Gasteiger partial charge in [-0.15, -0.1) is 0 Å². The third-order valence-electron chi connectivity index (χ3n) is 2.71. The van der Waals surface area contributed by atoms with Crippen molar-refractivity contribution in [1.29, 1.82) is 0 Å². The van der Waals surface area contributed by atoms with Gasteiger partial charge < -0.3 is 0 Å². The summed E-state index contributed by atoms with van der Waals surface area (Å²) >= 11 is 0. The Morgan fingerprint density at radius 2 is 1.91 bits per heavy atom. The van der Waals surface area contributed by atoms with E-state index in [-0.39, 0.29) is 12.1 Å². The molecule has 1 heteroatoms. The summed E-state index contributed by atoms with van der Waals surface area (Å²) in [6, 6.07) is 0. The van der Waals surface area contributed by atoms with Crippen LogP contribution in [0.4, 0.5) is 4.39 Å². The van der Waals surface area contributed by atoms with E-state index in [2.05, 4.69) is 20.8 Å². The van der Waals surface area contributed by atoms with E-state index in [1.54, 1.807) is 0 Å². The molecule has 0 amide bonds. The number of alkyl halides is 1. The van der Waals surface area contributed by atoms with Crippen molar-refractivity contribution in [2.75, 3.05) is 6.67 Å². The average Bonchev–Trinajstić information content (AvgIpc) is 2.04. The molecule has 11 heavy (non-hydrogen) atoms. The van der Waals surface area contributed by atoms with Gasteiger partial charge in [0.25, 0.3) is 0 Å². The van der Waals surface area contributed by atoms with Crippen LogP contribution in [0.3, 0.4) is 0 Å². The van der Waals surface area contributed by atoms with Gasteiger partial charge in [0, 0.05) is 0 Å². The third kappa shape index (κ3) is 3.74. The van der Waals surface area contributed by atoms with Crippen LogP contribution >= 0.6 is 0 Å². The molecule has 0 fully saturated rings.